The zero-order valence-corrected chi connectivity index (χ0v) is 11.0. The lowest BCUT2D eigenvalue weighted by Crippen LogP contribution is -2.57. The zero-order chi connectivity index (χ0) is 13.0. The summed E-state index contributed by atoms with van der Waals surface area (Å²) in [7, 11) is 0. The summed E-state index contributed by atoms with van der Waals surface area (Å²) in [5.74, 6) is -0.431. The topological polar surface area (TPSA) is 58.6 Å². The van der Waals surface area contributed by atoms with Crippen LogP contribution >= 0.6 is 11.3 Å². The quantitative estimate of drug-likeness (QED) is 0.821. The van der Waals surface area contributed by atoms with Crippen molar-refractivity contribution >= 4 is 23.2 Å². The van der Waals surface area contributed by atoms with Crippen LogP contribution in [-0.4, -0.2) is 49.1 Å². The fraction of sp³-hybridized carbons (Fsp3) is 0.500. The summed E-state index contributed by atoms with van der Waals surface area (Å²) in [6.45, 7) is 3.78. The maximum absolute atomic E-state index is 12.3. The van der Waals surface area contributed by atoms with Crippen LogP contribution in [0, 0.1) is 0 Å². The monoisotopic (exact) mass is 268 g/mol. The minimum atomic E-state index is -0.520. The Morgan fingerprint density at radius 2 is 2.44 bits per heavy atom. The summed E-state index contributed by atoms with van der Waals surface area (Å²) >= 11 is 1.39. The number of rotatable bonds is 3. The van der Waals surface area contributed by atoms with Gasteiger partial charge in [0.2, 0.25) is 0 Å². The molecule has 1 saturated heterocycles. The first-order valence-corrected chi connectivity index (χ1v) is 6.84. The summed E-state index contributed by atoms with van der Waals surface area (Å²) < 4.78 is 5.01. The van der Waals surface area contributed by atoms with E-state index in [0.717, 1.165) is 0 Å². The summed E-state index contributed by atoms with van der Waals surface area (Å²) in [5.41, 5.74) is 0. The smallest absolute Gasteiger partial charge is 0.330 e. The average Bonchev–Trinajstić information content (AvgIpc) is 2.92. The van der Waals surface area contributed by atoms with Crippen molar-refractivity contribution in [2.24, 2.45) is 0 Å². The van der Waals surface area contributed by atoms with Crippen molar-refractivity contribution in [2.45, 2.75) is 13.0 Å². The second kappa shape index (κ2) is 5.97. The molecule has 1 atom stereocenters. The fourth-order valence-electron chi connectivity index (χ4n) is 1.94. The van der Waals surface area contributed by atoms with Gasteiger partial charge < -0.3 is 15.0 Å². The molecule has 1 amide bonds. The van der Waals surface area contributed by atoms with Crippen molar-refractivity contribution in [1.82, 2.24) is 10.2 Å². The fourth-order valence-corrected chi connectivity index (χ4v) is 2.62. The third-order valence-corrected chi connectivity index (χ3v) is 3.65. The van der Waals surface area contributed by atoms with Crippen LogP contribution in [0.15, 0.2) is 17.5 Å². The molecule has 0 radical (unpaired) electrons. The molecular formula is C12H16N2O3S. The van der Waals surface area contributed by atoms with Gasteiger partial charge in [0.05, 0.1) is 11.5 Å². The highest BCUT2D eigenvalue weighted by molar-refractivity contribution is 7.12. The summed E-state index contributed by atoms with van der Waals surface area (Å²) in [6, 6.07) is 3.09. The van der Waals surface area contributed by atoms with Gasteiger partial charge in [-0.1, -0.05) is 6.07 Å². The number of hydrogen-bond donors (Lipinski definition) is 1. The number of thiophene rings is 1. The van der Waals surface area contributed by atoms with Gasteiger partial charge in [0.15, 0.2) is 0 Å². The maximum Gasteiger partial charge on any atom is 0.330 e. The van der Waals surface area contributed by atoms with Crippen LogP contribution in [0.1, 0.15) is 16.6 Å². The van der Waals surface area contributed by atoms with E-state index in [4.69, 9.17) is 4.74 Å². The highest BCUT2D eigenvalue weighted by Crippen LogP contribution is 2.16. The summed E-state index contributed by atoms with van der Waals surface area (Å²) in [5, 5.41) is 4.97. The largest absolute Gasteiger partial charge is 0.464 e. The molecule has 0 spiro atoms. The molecule has 1 N–H and O–H groups in total. The van der Waals surface area contributed by atoms with Gasteiger partial charge in [-0.2, -0.15) is 0 Å². The van der Waals surface area contributed by atoms with Gasteiger partial charge in [0.1, 0.15) is 6.04 Å². The normalized spacial score (nSPS) is 19.6. The maximum atomic E-state index is 12.3. The Kier molecular flexibility index (Phi) is 4.33. The Morgan fingerprint density at radius 1 is 1.61 bits per heavy atom. The van der Waals surface area contributed by atoms with Gasteiger partial charge >= 0.3 is 5.97 Å². The standard InChI is InChI=1S/C12H16N2O3S/c1-2-17-12(16)9-8-13-5-6-14(9)11(15)10-4-3-7-18-10/h3-4,7,9,13H,2,5-6,8H2,1H3. The highest BCUT2D eigenvalue weighted by Gasteiger charge is 2.33. The molecule has 2 heterocycles. The van der Waals surface area contributed by atoms with Gasteiger partial charge in [-0.05, 0) is 18.4 Å². The Balaban J connectivity index is 2.12. The number of hydrogen-bond acceptors (Lipinski definition) is 5. The van der Waals surface area contributed by atoms with Crippen LogP contribution in [0.25, 0.3) is 0 Å². The molecule has 0 saturated carbocycles. The Hall–Kier alpha value is -1.40. The van der Waals surface area contributed by atoms with Crippen molar-refractivity contribution in [1.29, 1.82) is 0 Å². The number of esters is 1. The molecule has 2 rings (SSSR count). The van der Waals surface area contributed by atoms with Crippen LogP contribution in [0.4, 0.5) is 0 Å². The number of carbonyl (C=O) groups excluding carboxylic acids is 2. The molecule has 1 aromatic rings. The van der Waals surface area contributed by atoms with Crippen molar-refractivity contribution in [3.8, 4) is 0 Å². The number of amides is 1. The van der Waals surface area contributed by atoms with Gasteiger partial charge in [-0.25, -0.2) is 4.79 Å². The van der Waals surface area contributed by atoms with E-state index in [-0.39, 0.29) is 11.9 Å². The van der Waals surface area contributed by atoms with Crippen LogP contribution in [-0.2, 0) is 9.53 Å². The van der Waals surface area contributed by atoms with E-state index < -0.39 is 6.04 Å². The molecule has 18 heavy (non-hydrogen) atoms. The van der Waals surface area contributed by atoms with Crippen LogP contribution < -0.4 is 5.32 Å². The summed E-state index contributed by atoms with van der Waals surface area (Å²) in [6.07, 6.45) is 0. The molecule has 1 unspecified atom stereocenters. The first-order valence-electron chi connectivity index (χ1n) is 5.96. The minimum absolute atomic E-state index is 0.0930. The third kappa shape index (κ3) is 2.70. The van der Waals surface area contributed by atoms with E-state index in [1.54, 1.807) is 17.9 Å². The number of carbonyl (C=O) groups is 2. The Labute approximate surface area is 110 Å². The molecule has 1 aromatic heterocycles. The van der Waals surface area contributed by atoms with Gasteiger partial charge in [-0.15, -0.1) is 11.3 Å². The number of nitrogens with zero attached hydrogens (tertiary/aromatic N) is 1. The van der Waals surface area contributed by atoms with E-state index in [1.807, 2.05) is 11.4 Å². The zero-order valence-electron chi connectivity index (χ0n) is 10.2. The predicted molar refractivity (Wildman–Crippen MR) is 68.6 cm³/mol. The van der Waals surface area contributed by atoms with E-state index in [9.17, 15) is 9.59 Å². The van der Waals surface area contributed by atoms with Crippen molar-refractivity contribution in [3.05, 3.63) is 22.4 Å². The Bertz CT molecular complexity index is 419. The summed E-state index contributed by atoms with van der Waals surface area (Å²) in [4.78, 5) is 26.4. The molecule has 0 aliphatic carbocycles. The molecule has 0 aromatic carbocycles. The second-order valence-electron chi connectivity index (χ2n) is 3.95. The molecule has 1 fully saturated rings. The van der Waals surface area contributed by atoms with E-state index in [0.29, 0.717) is 31.1 Å². The minimum Gasteiger partial charge on any atom is -0.464 e. The van der Waals surface area contributed by atoms with Gasteiger partial charge in [0, 0.05) is 19.6 Å². The molecule has 1 aliphatic rings. The molecule has 5 nitrogen and oxygen atoms in total. The van der Waals surface area contributed by atoms with Crippen LogP contribution in [0.3, 0.4) is 0 Å². The van der Waals surface area contributed by atoms with E-state index >= 15 is 0 Å². The first kappa shape index (κ1) is 13.0. The number of piperazine rings is 1. The lowest BCUT2D eigenvalue weighted by Gasteiger charge is -2.34. The molecule has 0 bridgehead atoms. The lowest BCUT2D eigenvalue weighted by molar-refractivity contribution is -0.149. The van der Waals surface area contributed by atoms with Crippen molar-refractivity contribution in [3.63, 3.8) is 0 Å². The van der Waals surface area contributed by atoms with E-state index in [1.165, 1.54) is 11.3 Å². The van der Waals surface area contributed by atoms with Crippen LogP contribution in [0.2, 0.25) is 0 Å². The first-order chi connectivity index (χ1) is 8.74. The second-order valence-corrected chi connectivity index (χ2v) is 4.90. The van der Waals surface area contributed by atoms with Gasteiger partial charge in [0.25, 0.3) is 5.91 Å². The van der Waals surface area contributed by atoms with Gasteiger partial charge in [-0.3, -0.25) is 4.79 Å². The highest BCUT2D eigenvalue weighted by atomic mass is 32.1. The average molecular weight is 268 g/mol. The molecule has 6 heteroatoms. The lowest BCUT2D eigenvalue weighted by atomic mass is 10.2. The molecule has 98 valence electrons. The number of nitrogens with one attached hydrogen (secondary N) is 1. The molecule has 1 aliphatic heterocycles. The molecular weight excluding hydrogens is 252 g/mol. The number of ether oxygens (including phenoxy) is 1. The SMILES string of the molecule is CCOC(=O)C1CNCCN1C(=O)c1cccs1. The van der Waals surface area contributed by atoms with Crippen LogP contribution in [0.5, 0.6) is 0 Å². The predicted octanol–water partition coefficient (Wildman–Crippen LogP) is 0.725. The van der Waals surface area contributed by atoms with E-state index in [2.05, 4.69) is 5.32 Å². The van der Waals surface area contributed by atoms with Crippen molar-refractivity contribution in [2.75, 3.05) is 26.2 Å². The van der Waals surface area contributed by atoms with Crippen molar-refractivity contribution < 1.29 is 14.3 Å². The third-order valence-electron chi connectivity index (χ3n) is 2.79. The Morgan fingerprint density at radius 3 is 3.11 bits per heavy atom.